The van der Waals surface area contributed by atoms with Gasteiger partial charge in [-0.2, -0.15) is 0 Å². The van der Waals surface area contributed by atoms with E-state index < -0.39 is 11.4 Å². The van der Waals surface area contributed by atoms with Crippen molar-refractivity contribution in [2.45, 2.75) is 45.1 Å². The molecule has 1 saturated carbocycles. The van der Waals surface area contributed by atoms with Crippen molar-refractivity contribution >= 4 is 12.1 Å². The molecule has 0 aromatic heterocycles. The Labute approximate surface area is 101 Å². The van der Waals surface area contributed by atoms with Crippen LogP contribution in [0.15, 0.2) is 0 Å². The van der Waals surface area contributed by atoms with Crippen LogP contribution in [0.2, 0.25) is 0 Å². The predicted octanol–water partition coefficient (Wildman–Crippen LogP) is 1.86. The number of likely N-dealkylation sites (tertiary alicyclic amines) is 1. The lowest BCUT2D eigenvalue weighted by Gasteiger charge is -2.43. The fourth-order valence-electron chi connectivity index (χ4n) is 3.30. The summed E-state index contributed by atoms with van der Waals surface area (Å²) >= 11 is 0. The number of hydrogen-bond donors (Lipinski definition) is 1. The minimum atomic E-state index is -0.756. The maximum Gasteiger partial charge on any atom is 0.410 e. The molecule has 96 valence electrons. The summed E-state index contributed by atoms with van der Waals surface area (Å²) in [7, 11) is 0. The summed E-state index contributed by atoms with van der Waals surface area (Å²) in [6.45, 7) is 2.72. The van der Waals surface area contributed by atoms with E-state index >= 15 is 0 Å². The third kappa shape index (κ3) is 1.87. The number of carbonyl (C=O) groups excluding carboxylic acids is 1. The van der Waals surface area contributed by atoms with Crippen LogP contribution in [-0.2, 0) is 9.53 Å². The number of carbonyl (C=O) groups is 2. The van der Waals surface area contributed by atoms with Crippen molar-refractivity contribution in [3.05, 3.63) is 0 Å². The lowest BCUT2D eigenvalue weighted by Crippen LogP contribution is -2.55. The van der Waals surface area contributed by atoms with Crippen LogP contribution in [-0.4, -0.2) is 41.3 Å². The monoisotopic (exact) mass is 241 g/mol. The van der Waals surface area contributed by atoms with Gasteiger partial charge in [0, 0.05) is 6.54 Å². The third-order valence-corrected chi connectivity index (χ3v) is 4.06. The summed E-state index contributed by atoms with van der Waals surface area (Å²) in [6, 6.07) is -0.173. The highest BCUT2D eigenvalue weighted by molar-refractivity contribution is 5.78. The summed E-state index contributed by atoms with van der Waals surface area (Å²) in [5, 5.41) is 9.45. The van der Waals surface area contributed by atoms with Gasteiger partial charge in [-0.05, 0) is 32.6 Å². The topological polar surface area (TPSA) is 66.8 Å². The summed E-state index contributed by atoms with van der Waals surface area (Å²) in [5.41, 5.74) is -0.717. The van der Waals surface area contributed by atoms with Crippen molar-refractivity contribution in [2.24, 2.45) is 5.41 Å². The van der Waals surface area contributed by atoms with Gasteiger partial charge in [-0.15, -0.1) is 0 Å². The number of hydrogen-bond acceptors (Lipinski definition) is 3. The highest BCUT2D eigenvalue weighted by Gasteiger charge is 2.54. The zero-order valence-electron chi connectivity index (χ0n) is 10.1. The smallest absolute Gasteiger partial charge is 0.410 e. The van der Waals surface area contributed by atoms with E-state index in [2.05, 4.69) is 0 Å². The van der Waals surface area contributed by atoms with Crippen LogP contribution in [0.25, 0.3) is 0 Å². The molecular formula is C12H19NO4. The van der Waals surface area contributed by atoms with Crippen molar-refractivity contribution in [3.8, 4) is 0 Å². The number of piperidine rings is 1. The van der Waals surface area contributed by atoms with E-state index in [1.807, 2.05) is 0 Å². The van der Waals surface area contributed by atoms with Gasteiger partial charge in [-0.1, -0.05) is 6.42 Å². The molecule has 1 amide bonds. The van der Waals surface area contributed by atoms with Gasteiger partial charge in [-0.25, -0.2) is 4.79 Å². The molecule has 0 aromatic carbocycles. The Bertz CT molecular complexity index is 330. The van der Waals surface area contributed by atoms with E-state index in [-0.39, 0.29) is 12.1 Å². The predicted molar refractivity (Wildman–Crippen MR) is 60.7 cm³/mol. The molecule has 1 aliphatic carbocycles. The number of ether oxygens (including phenoxy) is 1. The van der Waals surface area contributed by atoms with E-state index in [9.17, 15) is 14.7 Å². The van der Waals surface area contributed by atoms with Gasteiger partial charge < -0.3 is 14.7 Å². The van der Waals surface area contributed by atoms with E-state index in [4.69, 9.17) is 4.74 Å². The van der Waals surface area contributed by atoms with Crippen LogP contribution in [0.5, 0.6) is 0 Å². The molecule has 2 rings (SSSR count). The molecule has 1 saturated heterocycles. The number of fused-ring (bicyclic) bond motifs is 1. The Balaban J connectivity index is 2.20. The molecule has 0 spiro atoms. The van der Waals surface area contributed by atoms with Crippen LogP contribution in [0, 0.1) is 5.41 Å². The molecular weight excluding hydrogens is 222 g/mol. The molecule has 2 aliphatic rings. The van der Waals surface area contributed by atoms with Crippen LogP contribution in [0.3, 0.4) is 0 Å². The van der Waals surface area contributed by atoms with Gasteiger partial charge in [0.25, 0.3) is 0 Å². The Hall–Kier alpha value is -1.26. The maximum atomic E-state index is 11.8. The quantitative estimate of drug-likeness (QED) is 0.801. The number of carboxylic acids is 1. The second kappa shape index (κ2) is 4.55. The Morgan fingerprint density at radius 2 is 2.12 bits per heavy atom. The van der Waals surface area contributed by atoms with E-state index in [0.29, 0.717) is 26.0 Å². The average molecular weight is 241 g/mol. The largest absolute Gasteiger partial charge is 0.481 e. The molecule has 1 N–H and O–H groups in total. The molecule has 1 aliphatic heterocycles. The van der Waals surface area contributed by atoms with Crippen molar-refractivity contribution in [2.75, 3.05) is 13.2 Å². The highest BCUT2D eigenvalue weighted by atomic mass is 16.6. The number of aliphatic carboxylic acids is 1. The van der Waals surface area contributed by atoms with E-state index in [0.717, 1.165) is 19.3 Å². The molecule has 2 atom stereocenters. The molecule has 2 fully saturated rings. The fraction of sp³-hybridized carbons (Fsp3) is 0.833. The van der Waals surface area contributed by atoms with Gasteiger partial charge in [0.1, 0.15) is 0 Å². The lowest BCUT2D eigenvalue weighted by atomic mass is 9.75. The number of carboxylic acid groups (broad SMARTS) is 1. The zero-order valence-corrected chi connectivity index (χ0v) is 10.1. The number of rotatable bonds is 2. The zero-order chi connectivity index (χ0) is 12.5. The molecule has 1 heterocycles. The first-order valence-corrected chi connectivity index (χ1v) is 6.28. The first-order valence-electron chi connectivity index (χ1n) is 6.28. The minimum absolute atomic E-state index is 0.173. The van der Waals surface area contributed by atoms with Gasteiger partial charge >= 0.3 is 12.1 Å². The van der Waals surface area contributed by atoms with Gasteiger partial charge in [0.2, 0.25) is 0 Å². The van der Waals surface area contributed by atoms with Gasteiger partial charge in [-0.3, -0.25) is 4.79 Å². The Morgan fingerprint density at radius 1 is 1.41 bits per heavy atom. The lowest BCUT2D eigenvalue weighted by molar-refractivity contribution is -0.154. The van der Waals surface area contributed by atoms with Gasteiger partial charge in [0.05, 0.1) is 18.1 Å². The first kappa shape index (κ1) is 12.2. The second-order valence-corrected chi connectivity index (χ2v) is 4.87. The molecule has 5 heteroatoms. The standard InChI is InChI=1S/C12H19NO4/c1-2-17-11(16)13-8-4-7-12(10(14)15)6-3-5-9(12)13/h9H,2-8H2,1H3,(H,14,15). The molecule has 2 unspecified atom stereocenters. The molecule has 0 radical (unpaired) electrons. The maximum absolute atomic E-state index is 11.8. The highest BCUT2D eigenvalue weighted by Crippen LogP contribution is 2.48. The molecule has 5 nitrogen and oxygen atoms in total. The third-order valence-electron chi connectivity index (χ3n) is 4.06. The second-order valence-electron chi connectivity index (χ2n) is 4.87. The molecule has 17 heavy (non-hydrogen) atoms. The summed E-state index contributed by atoms with van der Waals surface area (Å²) in [5.74, 6) is -0.756. The number of amides is 1. The van der Waals surface area contributed by atoms with Gasteiger partial charge in [0.15, 0.2) is 0 Å². The fourth-order valence-corrected chi connectivity index (χ4v) is 3.30. The van der Waals surface area contributed by atoms with Crippen LogP contribution >= 0.6 is 0 Å². The average Bonchev–Trinajstić information content (AvgIpc) is 2.73. The van der Waals surface area contributed by atoms with Crippen molar-refractivity contribution in [1.82, 2.24) is 4.90 Å². The van der Waals surface area contributed by atoms with Crippen molar-refractivity contribution in [1.29, 1.82) is 0 Å². The first-order chi connectivity index (χ1) is 8.12. The van der Waals surface area contributed by atoms with Crippen LogP contribution in [0.4, 0.5) is 4.79 Å². The van der Waals surface area contributed by atoms with Crippen LogP contribution < -0.4 is 0 Å². The number of nitrogens with zero attached hydrogens (tertiary/aromatic N) is 1. The SMILES string of the molecule is CCOC(=O)N1CCCC2(C(=O)O)CCCC12. The van der Waals surface area contributed by atoms with E-state index in [1.54, 1.807) is 11.8 Å². The minimum Gasteiger partial charge on any atom is -0.481 e. The van der Waals surface area contributed by atoms with Crippen LogP contribution in [0.1, 0.15) is 39.0 Å². The van der Waals surface area contributed by atoms with E-state index in [1.165, 1.54) is 0 Å². The summed E-state index contributed by atoms with van der Waals surface area (Å²) in [6.07, 6.45) is 3.43. The van der Waals surface area contributed by atoms with Crippen molar-refractivity contribution < 1.29 is 19.4 Å². The summed E-state index contributed by atoms with van der Waals surface area (Å²) in [4.78, 5) is 25.0. The molecule has 0 aromatic rings. The Kier molecular flexibility index (Phi) is 3.26. The van der Waals surface area contributed by atoms with Crippen molar-refractivity contribution in [3.63, 3.8) is 0 Å². The normalized spacial score (nSPS) is 32.1. The Morgan fingerprint density at radius 3 is 2.76 bits per heavy atom. The molecule has 0 bridgehead atoms. The summed E-state index contributed by atoms with van der Waals surface area (Å²) < 4.78 is 5.01.